The fourth-order valence-corrected chi connectivity index (χ4v) is 3.51. The molecule has 3 rings (SSSR count). The van der Waals surface area contributed by atoms with Crippen molar-refractivity contribution in [3.63, 3.8) is 0 Å². The number of nitrogens with one attached hydrogen (secondary N) is 1. The molecule has 0 saturated carbocycles. The summed E-state index contributed by atoms with van der Waals surface area (Å²) >= 11 is 17.1. The molecule has 0 amide bonds. The molecular formula is C14H8BrCl2NS. The first-order valence-electron chi connectivity index (χ1n) is 5.53. The summed E-state index contributed by atoms with van der Waals surface area (Å²) in [6, 6.07) is 11.8. The predicted molar refractivity (Wildman–Crippen MR) is 86.6 cm³/mol. The van der Waals surface area contributed by atoms with Gasteiger partial charge in [-0.25, -0.2) is 0 Å². The predicted octanol–water partition coefficient (Wildman–Crippen LogP) is 6.39. The molecule has 0 aliphatic rings. The molecule has 0 fully saturated rings. The second-order valence-electron chi connectivity index (χ2n) is 4.02. The minimum Gasteiger partial charge on any atom is -0.360 e. The summed E-state index contributed by atoms with van der Waals surface area (Å²) in [7, 11) is 0. The van der Waals surface area contributed by atoms with Gasteiger partial charge in [-0.05, 0) is 36.4 Å². The lowest BCUT2D eigenvalue weighted by Gasteiger charge is -2.02. The van der Waals surface area contributed by atoms with E-state index in [-0.39, 0.29) is 0 Å². The lowest BCUT2D eigenvalue weighted by atomic mass is 10.2. The molecule has 1 aromatic heterocycles. The summed E-state index contributed by atoms with van der Waals surface area (Å²) in [4.78, 5) is 5.49. The van der Waals surface area contributed by atoms with Crippen LogP contribution >= 0.6 is 50.9 Å². The molecule has 1 N–H and O–H groups in total. The van der Waals surface area contributed by atoms with Crippen molar-refractivity contribution < 1.29 is 0 Å². The van der Waals surface area contributed by atoms with Gasteiger partial charge < -0.3 is 4.98 Å². The number of benzene rings is 2. The van der Waals surface area contributed by atoms with Crippen molar-refractivity contribution in [1.82, 2.24) is 4.98 Å². The first-order chi connectivity index (χ1) is 9.13. The zero-order chi connectivity index (χ0) is 13.4. The molecule has 0 aliphatic heterocycles. The van der Waals surface area contributed by atoms with Crippen molar-refractivity contribution in [3.8, 4) is 0 Å². The number of H-pyrrole nitrogens is 1. The summed E-state index contributed by atoms with van der Waals surface area (Å²) in [6.45, 7) is 0. The Labute approximate surface area is 133 Å². The highest BCUT2D eigenvalue weighted by Crippen LogP contribution is 2.36. The first-order valence-corrected chi connectivity index (χ1v) is 7.89. The summed E-state index contributed by atoms with van der Waals surface area (Å²) in [5.74, 6) is 0. The van der Waals surface area contributed by atoms with Gasteiger partial charge in [-0.2, -0.15) is 0 Å². The van der Waals surface area contributed by atoms with Gasteiger partial charge in [0.25, 0.3) is 0 Å². The Balaban J connectivity index is 2.00. The normalized spacial score (nSPS) is 11.1. The number of halogens is 3. The van der Waals surface area contributed by atoms with Crippen molar-refractivity contribution in [1.29, 1.82) is 0 Å². The van der Waals surface area contributed by atoms with Crippen LogP contribution in [-0.4, -0.2) is 4.98 Å². The van der Waals surface area contributed by atoms with E-state index in [1.165, 1.54) is 5.39 Å². The van der Waals surface area contributed by atoms with Crippen LogP contribution in [0.3, 0.4) is 0 Å². The Hall–Kier alpha value is -0.610. The largest absolute Gasteiger partial charge is 0.360 e. The summed E-state index contributed by atoms with van der Waals surface area (Å²) in [6.07, 6.45) is 2.00. The van der Waals surface area contributed by atoms with Crippen LogP contribution in [0.1, 0.15) is 0 Å². The van der Waals surface area contributed by atoms with E-state index in [0.29, 0.717) is 10.0 Å². The maximum absolute atomic E-state index is 6.04. The fraction of sp³-hybridized carbons (Fsp3) is 0. The van der Waals surface area contributed by atoms with Crippen LogP contribution in [0.15, 0.2) is 56.9 Å². The number of rotatable bonds is 2. The van der Waals surface area contributed by atoms with Gasteiger partial charge in [0.2, 0.25) is 0 Å². The van der Waals surface area contributed by atoms with E-state index in [9.17, 15) is 0 Å². The quantitative estimate of drug-likeness (QED) is 0.551. The van der Waals surface area contributed by atoms with Gasteiger partial charge in [0.05, 0.1) is 10.0 Å². The van der Waals surface area contributed by atoms with Crippen LogP contribution in [0.4, 0.5) is 0 Å². The van der Waals surface area contributed by atoms with E-state index in [4.69, 9.17) is 23.2 Å². The zero-order valence-corrected chi connectivity index (χ0v) is 13.5. The second-order valence-corrected chi connectivity index (χ2v) is 6.87. The van der Waals surface area contributed by atoms with Gasteiger partial charge >= 0.3 is 0 Å². The van der Waals surface area contributed by atoms with Crippen LogP contribution in [-0.2, 0) is 0 Å². The van der Waals surface area contributed by atoms with Crippen molar-refractivity contribution >= 4 is 61.8 Å². The molecule has 0 radical (unpaired) electrons. The molecule has 0 atom stereocenters. The molecule has 1 heterocycles. The SMILES string of the molecule is Clc1ccc(Sc2c[nH]c3ccc(Br)cc23)cc1Cl. The molecule has 1 nitrogen and oxygen atoms in total. The molecule has 19 heavy (non-hydrogen) atoms. The molecule has 96 valence electrons. The molecule has 0 unspecified atom stereocenters. The summed E-state index contributed by atoms with van der Waals surface area (Å²) in [5, 5.41) is 2.34. The van der Waals surface area contributed by atoms with Crippen LogP contribution in [0.25, 0.3) is 10.9 Å². The average molecular weight is 373 g/mol. The highest BCUT2D eigenvalue weighted by atomic mass is 79.9. The smallest absolute Gasteiger partial charge is 0.0603 e. The zero-order valence-electron chi connectivity index (χ0n) is 9.58. The standard InChI is InChI=1S/C14H8BrCl2NS/c15-8-1-4-13-10(5-8)14(7-18-13)19-9-2-3-11(16)12(17)6-9/h1-7,18H. The first kappa shape index (κ1) is 13.4. The number of aromatic nitrogens is 1. The van der Waals surface area contributed by atoms with Gasteiger partial charge in [-0.3, -0.25) is 0 Å². The van der Waals surface area contributed by atoms with Gasteiger partial charge in [0.15, 0.2) is 0 Å². The molecule has 0 saturated heterocycles. The van der Waals surface area contributed by atoms with Gasteiger partial charge in [-0.1, -0.05) is 50.9 Å². The molecule has 2 aromatic carbocycles. The summed E-state index contributed by atoms with van der Waals surface area (Å²) in [5.41, 5.74) is 1.12. The van der Waals surface area contributed by atoms with E-state index in [0.717, 1.165) is 19.8 Å². The lowest BCUT2D eigenvalue weighted by molar-refractivity contribution is 1.39. The third-order valence-corrected chi connectivity index (χ3v) is 5.00. The highest BCUT2D eigenvalue weighted by Gasteiger charge is 2.07. The van der Waals surface area contributed by atoms with Crippen molar-refractivity contribution in [2.24, 2.45) is 0 Å². The maximum atomic E-state index is 6.04. The Morgan fingerprint density at radius 3 is 2.63 bits per heavy atom. The topological polar surface area (TPSA) is 15.8 Å². The van der Waals surface area contributed by atoms with Gasteiger partial charge in [0, 0.05) is 31.4 Å². The minimum absolute atomic E-state index is 0.577. The van der Waals surface area contributed by atoms with Gasteiger partial charge in [-0.15, -0.1) is 0 Å². The molecule has 5 heteroatoms. The Kier molecular flexibility index (Phi) is 3.81. The van der Waals surface area contributed by atoms with Crippen molar-refractivity contribution in [2.45, 2.75) is 9.79 Å². The van der Waals surface area contributed by atoms with Crippen LogP contribution < -0.4 is 0 Å². The van der Waals surface area contributed by atoms with E-state index in [1.807, 2.05) is 30.5 Å². The van der Waals surface area contributed by atoms with Crippen molar-refractivity contribution in [3.05, 3.63) is 57.1 Å². The van der Waals surface area contributed by atoms with E-state index < -0.39 is 0 Å². The second kappa shape index (κ2) is 5.41. The summed E-state index contributed by atoms with van der Waals surface area (Å²) < 4.78 is 1.07. The molecular weight excluding hydrogens is 365 g/mol. The van der Waals surface area contributed by atoms with E-state index in [1.54, 1.807) is 11.8 Å². The molecule has 0 bridgehead atoms. The Morgan fingerprint density at radius 2 is 1.84 bits per heavy atom. The number of fused-ring (bicyclic) bond motifs is 1. The third-order valence-electron chi connectivity index (χ3n) is 2.72. The number of aromatic amines is 1. The monoisotopic (exact) mass is 371 g/mol. The molecule has 0 spiro atoms. The van der Waals surface area contributed by atoms with E-state index in [2.05, 4.69) is 33.0 Å². The average Bonchev–Trinajstić information content (AvgIpc) is 2.77. The minimum atomic E-state index is 0.577. The van der Waals surface area contributed by atoms with Crippen LogP contribution in [0.2, 0.25) is 10.0 Å². The third kappa shape index (κ3) is 2.79. The maximum Gasteiger partial charge on any atom is 0.0603 e. The Bertz CT molecular complexity index is 754. The highest BCUT2D eigenvalue weighted by molar-refractivity contribution is 9.10. The van der Waals surface area contributed by atoms with E-state index >= 15 is 0 Å². The Morgan fingerprint density at radius 1 is 1.00 bits per heavy atom. The van der Waals surface area contributed by atoms with Crippen LogP contribution in [0, 0.1) is 0 Å². The molecule has 3 aromatic rings. The number of hydrogen-bond donors (Lipinski definition) is 1. The number of hydrogen-bond acceptors (Lipinski definition) is 1. The van der Waals surface area contributed by atoms with Crippen molar-refractivity contribution in [2.75, 3.05) is 0 Å². The van der Waals surface area contributed by atoms with Crippen LogP contribution in [0.5, 0.6) is 0 Å². The molecule has 0 aliphatic carbocycles. The van der Waals surface area contributed by atoms with Gasteiger partial charge in [0.1, 0.15) is 0 Å². The lowest BCUT2D eigenvalue weighted by Crippen LogP contribution is -1.74. The fourth-order valence-electron chi connectivity index (χ4n) is 1.82.